The van der Waals surface area contributed by atoms with Crippen molar-refractivity contribution in [2.45, 2.75) is 13.8 Å². The van der Waals surface area contributed by atoms with Gasteiger partial charge in [0.1, 0.15) is 6.73 Å². The van der Waals surface area contributed by atoms with Crippen LogP contribution in [0.15, 0.2) is 12.7 Å². The lowest BCUT2D eigenvalue weighted by atomic mass is 10.2. The molecule has 0 spiro atoms. The number of carbonyl (C=O) groups excluding carboxylic acids is 1. The van der Waals surface area contributed by atoms with Crippen molar-refractivity contribution in [3.63, 3.8) is 0 Å². The van der Waals surface area contributed by atoms with Gasteiger partial charge >= 0.3 is 0 Å². The van der Waals surface area contributed by atoms with Gasteiger partial charge in [0.05, 0.1) is 6.61 Å². The third-order valence-electron chi connectivity index (χ3n) is 1.11. The molecule has 3 heteroatoms. The number of hydrogen-bond donors (Lipinski definition) is 1. The predicted molar refractivity (Wildman–Crippen MR) is 44.0 cm³/mol. The van der Waals surface area contributed by atoms with Gasteiger partial charge < -0.3 is 10.1 Å². The molecule has 1 N–H and O–H groups in total. The smallest absolute Gasteiger partial charge is 0.224 e. The fraction of sp³-hybridized carbons (Fsp3) is 0.625. The molecule has 0 radical (unpaired) electrons. The fourth-order valence-corrected chi connectivity index (χ4v) is 0.469. The highest BCUT2D eigenvalue weighted by Crippen LogP contribution is 1.89. The van der Waals surface area contributed by atoms with Gasteiger partial charge in [-0.2, -0.15) is 0 Å². The molecule has 0 fully saturated rings. The minimum absolute atomic E-state index is 0.00839. The third-order valence-corrected chi connectivity index (χ3v) is 1.11. The summed E-state index contributed by atoms with van der Waals surface area (Å²) in [7, 11) is 0. The van der Waals surface area contributed by atoms with Gasteiger partial charge in [-0.1, -0.05) is 19.9 Å². The summed E-state index contributed by atoms with van der Waals surface area (Å²) in [5.41, 5.74) is 0. The van der Waals surface area contributed by atoms with Crippen molar-refractivity contribution in [1.29, 1.82) is 0 Å². The SMILES string of the molecule is C=CCOCNC(=O)C(C)C. The summed E-state index contributed by atoms with van der Waals surface area (Å²) >= 11 is 0. The molecule has 0 aliphatic heterocycles. The number of nitrogens with one attached hydrogen (secondary N) is 1. The molecule has 64 valence electrons. The van der Waals surface area contributed by atoms with E-state index in [1.165, 1.54) is 0 Å². The maximum atomic E-state index is 10.9. The average molecular weight is 157 g/mol. The number of carbonyl (C=O) groups is 1. The first-order chi connectivity index (χ1) is 5.18. The van der Waals surface area contributed by atoms with Crippen LogP contribution >= 0.6 is 0 Å². The second-order valence-corrected chi connectivity index (χ2v) is 2.50. The number of hydrogen-bond acceptors (Lipinski definition) is 2. The Labute approximate surface area is 67.4 Å². The Morgan fingerprint density at radius 1 is 1.73 bits per heavy atom. The fourth-order valence-electron chi connectivity index (χ4n) is 0.469. The minimum atomic E-state index is 0.00839. The molecule has 0 saturated carbocycles. The van der Waals surface area contributed by atoms with Crippen LogP contribution in [0.5, 0.6) is 0 Å². The van der Waals surface area contributed by atoms with Crippen LogP contribution in [0.2, 0.25) is 0 Å². The Balaban J connectivity index is 3.24. The van der Waals surface area contributed by atoms with E-state index < -0.39 is 0 Å². The van der Waals surface area contributed by atoms with E-state index in [-0.39, 0.29) is 18.6 Å². The van der Waals surface area contributed by atoms with E-state index in [1.807, 2.05) is 13.8 Å². The molecule has 0 aromatic heterocycles. The normalized spacial score (nSPS) is 9.73. The first kappa shape index (κ1) is 10.2. The number of amides is 1. The highest BCUT2D eigenvalue weighted by atomic mass is 16.5. The van der Waals surface area contributed by atoms with Crippen LogP contribution in [0.1, 0.15) is 13.8 Å². The van der Waals surface area contributed by atoms with Gasteiger partial charge in [0, 0.05) is 5.92 Å². The molecule has 0 bridgehead atoms. The molecule has 3 nitrogen and oxygen atoms in total. The van der Waals surface area contributed by atoms with Gasteiger partial charge in [-0.05, 0) is 0 Å². The number of rotatable bonds is 5. The summed E-state index contributed by atoms with van der Waals surface area (Å²) in [4.78, 5) is 10.9. The molecule has 0 aromatic carbocycles. The maximum Gasteiger partial charge on any atom is 0.224 e. The quantitative estimate of drug-likeness (QED) is 0.366. The van der Waals surface area contributed by atoms with E-state index in [1.54, 1.807) is 6.08 Å². The lowest BCUT2D eigenvalue weighted by Crippen LogP contribution is -2.29. The van der Waals surface area contributed by atoms with Gasteiger partial charge in [0.15, 0.2) is 0 Å². The van der Waals surface area contributed by atoms with Crippen molar-refractivity contribution in [3.8, 4) is 0 Å². The van der Waals surface area contributed by atoms with Crippen molar-refractivity contribution in [2.24, 2.45) is 5.92 Å². The Kier molecular flexibility index (Phi) is 5.47. The summed E-state index contributed by atoms with van der Waals surface area (Å²) in [6, 6.07) is 0. The van der Waals surface area contributed by atoms with Gasteiger partial charge in [0.2, 0.25) is 5.91 Å². The summed E-state index contributed by atoms with van der Waals surface area (Å²) in [5.74, 6) is 0.0244. The van der Waals surface area contributed by atoms with Gasteiger partial charge in [-0.3, -0.25) is 4.79 Å². The molecule has 0 aliphatic rings. The van der Waals surface area contributed by atoms with E-state index in [9.17, 15) is 4.79 Å². The van der Waals surface area contributed by atoms with Crippen LogP contribution in [-0.4, -0.2) is 19.2 Å². The predicted octanol–water partition coefficient (Wildman–Crippen LogP) is 0.919. The second-order valence-electron chi connectivity index (χ2n) is 2.50. The van der Waals surface area contributed by atoms with Crippen LogP contribution in [0, 0.1) is 5.92 Å². The van der Waals surface area contributed by atoms with Gasteiger partial charge in [0.25, 0.3) is 0 Å². The molecule has 0 aromatic rings. The topological polar surface area (TPSA) is 38.3 Å². The minimum Gasteiger partial charge on any atom is -0.357 e. The third kappa shape index (κ3) is 5.61. The van der Waals surface area contributed by atoms with Crippen LogP contribution in [0.25, 0.3) is 0 Å². The average Bonchev–Trinajstić information content (AvgIpc) is 1.97. The summed E-state index contributed by atoms with van der Waals surface area (Å²) in [5, 5.41) is 2.61. The first-order valence-electron chi connectivity index (χ1n) is 3.64. The molecular weight excluding hydrogens is 142 g/mol. The highest BCUT2D eigenvalue weighted by Gasteiger charge is 2.03. The first-order valence-corrected chi connectivity index (χ1v) is 3.64. The zero-order valence-electron chi connectivity index (χ0n) is 7.09. The molecule has 0 aliphatic carbocycles. The van der Waals surface area contributed by atoms with E-state index in [0.29, 0.717) is 6.61 Å². The Morgan fingerprint density at radius 3 is 2.82 bits per heavy atom. The van der Waals surface area contributed by atoms with Crippen molar-refractivity contribution in [1.82, 2.24) is 5.32 Å². The van der Waals surface area contributed by atoms with Gasteiger partial charge in [-0.15, -0.1) is 6.58 Å². The lowest BCUT2D eigenvalue weighted by Gasteiger charge is -2.06. The summed E-state index contributed by atoms with van der Waals surface area (Å²) in [6.45, 7) is 7.88. The monoisotopic (exact) mass is 157 g/mol. The standard InChI is InChI=1S/C8H15NO2/c1-4-5-11-6-9-8(10)7(2)3/h4,7H,1,5-6H2,2-3H3,(H,9,10). The molecule has 1 amide bonds. The van der Waals surface area contributed by atoms with E-state index in [4.69, 9.17) is 4.74 Å². The molecule has 11 heavy (non-hydrogen) atoms. The lowest BCUT2D eigenvalue weighted by molar-refractivity contribution is -0.125. The molecule has 0 unspecified atom stereocenters. The van der Waals surface area contributed by atoms with Crippen LogP contribution in [0.3, 0.4) is 0 Å². The zero-order chi connectivity index (χ0) is 8.69. The maximum absolute atomic E-state index is 10.9. The zero-order valence-corrected chi connectivity index (χ0v) is 7.09. The van der Waals surface area contributed by atoms with Crippen molar-refractivity contribution in [3.05, 3.63) is 12.7 Å². The van der Waals surface area contributed by atoms with Crippen molar-refractivity contribution < 1.29 is 9.53 Å². The highest BCUT2D eigenvalue weighted by molar-refractivity contribution is 5.77. The van der Waals surface area contributed by atoms with E-state index >= 15 is 0 Å². The molecule has 0 rings (SSSR count). The number of ether oxygens (including phenoxy) is 1. The van der Waals surface area contributed by atoms with E-state index in [2.05, 4.69) is 11.9 Å². The van der Waals surface area contributed by atoms with Crippen LogP contribution in [0.4, 0.5) is 0 Å². The van der Waals surface area contributed by atoms with Crippen LogP contribution in [-0.2, 0) is 9.53 Å². The van der Waals surface area contributed by atoms with Crippen LogP contribution < -0.4 is 5.32 Å². The molecule has 0 atom stereocenters. The summed E-state index contributed by atoms with van der Waals surface area (Å²) in [6.07, 6.45) is 1.64. The Morgan fingerprint density at radius 2 is 2.36 bits per heavy atom. The molecular formula is C8H15NO2. The second kappa shape index (κ2) is 5.92. The Hall–Kier alpha value is -0.830. The molecule has 0 saturated heterocycles. The largest absolute Gasteiger partial charge is 0.357 e. The Bertz CT molecular complexity index is 132. The summed E-state index contributed by atoms with van der Waals surface area (Å²) < 4.78 is 4.95. The molecule has 0 heterocycles. The van der Waals surface area contributed by atoms with Crippen molar-refractivity contribution in [2.75, 3.05) is 13.3 Å². The van der Waals surface area contributed by atoms with Crippen molar-refractivity contribution >= 4 is 5.91 Å². The van der Waals surface area contributed by atoms with E-state index in [0.717, 1.165) is 0 Å². The van der Waals surface area contributed by atoms with Gasteiger partial charge in [-0.25, -0.2) is 0 Å².